The molecule has 0 radical (unpaired) electrons. The Morgan fingerprint density at radius 1 is 1.43 bits per heavy atom. The Bertz CT molecular complexity index is 643. The Morgan fingerprint density at radius 3 is 2.81 bits per heavy atom. The van der Waals surface area contributed by atoms with Gasteiger partial charge < -0.3 is 15.0 Å². The fraction of sp³-hybridized carbons (Fsp3) is 0.438. The molecule has 0 unspecified atom stereocenters. The number of benzene rings is 1. The molecule has 0 bridgehead atoms. The van der Waals surface area contributed by atoms with E-state index in [9.17, 15) is 9.18 Å². The third kappa shape index (κ3) is 4.21. The number of aromatic nitrogens is 1. The quantitative estimate of drug-likeness (QED) is 0.905. The van der Waals surface area contributed by atoms with Crippen molar-refractivity contribution in [1.82, 2.24) is 10.3 Å². The first-order chi connectivity index (χ1) is 9.74. The van der Waals surface area contributed by atoms with E-state index in [1.165, 1.54) is 12.1 Å². The number of aromatic amines is 1. The van der Waals surface area contributed by atoms with Crippen LogP contribution >= 0.6 is 0 Å². The molecule has 0 fully saturated rings. The number of fused-ring (bicyclic) bond motifs is 1. The standard InChI is InChI=1S/C16H21FN2O2/c1-10(19-15(20)21-16(2,3)4)7-11-9-18-14-6-5-12(17)8-13(11)14/h5-6,8-10,18H,7H2,1-4H3,(H,19,20)/t10-/m0/s1. The van der Waals surface area contributed by atoms with Crippen LogP contribution in [0.4, 0.5) is 9.18 Å². The summed E-state index contributed by atoms with van der Waals surface area (Å²) < 4.78 is 18.5. The van der Waals surface area contributed by atoms with Crippen LogP contribution in [0.2, 0.25) is 0 Å². The molecule has 0 saturated carbocycles. The highest BCUT2D eigenvalue weighted by molar-refractivity contribution is 5.83. The van der Waals surface area contributed by atoms with Gasteiger partial charge in [0.25, 0.3) is 0 Å². The molecule has 0 aliphatic rings. The van der Waals surface area contributed by atoms with E-state index in [4.69, 9.17) is 4.74 Å². The van der Waals surface area contributed by atoms with Crippen LogP contribution in [0, 0.1) is 5.82 Å². The normalized spacial score (nSPS) is 13.2. The van der Waals surface area contributed by atoms with Gasteiger partial charge in [-0.05, 0) is 57.9 Å². The van der Waals surface area contributed by atoms with E-state index in [-0.39, 0.29) is 11.9 Å². The average Bonchev–Trinajstić information content (AvgIpc) is 2.69. The fourth-order valence-corrected chi connectivity index (χ4v) is 2.21. The van der Waals surface area contributed by atoms with Gasteiger partial charge >= 0.3 is 6.09 Å². The lowest BCUT2D eigenvalue weighted by Gasteiger charge is -2.21. The molecule has 1 amide bonds. The first-order valence-corrected chi connectivity index (χ1v) is 6.99. The number of alkyl carbamates (subject to hydrolysis) is 1. The second-order valence-corrected chi connectivity index (χ2v) is 6.26. The topological polar surface area (TPSA) is 54.1 Å². The molecular weight excluding hydrogens is 271 g/mol. The third-order valence-corrected chi connectivity index (χ3v) is 3.02. The van der Waals surface area contributed by atoms with E-state index in [1.807, 2.05) is 33.9 Å². The van der Waals surface area contributed by atoms with Gasteiger partial charge in [-0.15, -0.1) is 0 Å². The summed E-state index contributed by atoms with van der Waals surface area (Å²) in [5.74, 6) is -0.267. The molecule has 2 aromatic rings. The SMILES string of the molecule is C[C@@H](Cc1c[nH]c2ccc(F)cc12)NC(=O)OC(C)(C)C. The summed E-state index contributed by atoms with van der Waals surface area (Å²) in [4.78, 5) is 14.8. The van der Waals surface area contributed by atoms with E-state index in [2.05, 4.69) is 10.3 Å². The molecule has 1 aromatic heterocycles. The summed E-state index contributed by atoms with van der Waals surface area (Å²) in [6, 6.07) is 4.52. The van der Waals surface area contributed by atoms with Gasteiger partial charge in [0.05, 0.1) is 0 Å². The lowest BCUT2D eigenvalue weighted by Crippen LogP contribution is -2.38. The van der Waals surface area contributed by atoms with Crippen molar-refractivity contribution < 1.29 is 13.9 Å². The number of ether oxygens (including phenoxy) is 1. The molecule has 0 spiro atoms. The van der Waals surface area contributed by atoms with Gasteiger partial charge in [-0.3, -0.25) is 0 Å². The number of rotatable bonds is 3. The van der Waals surface area contributed by atoms with Gasteiger partial charge in [0, 0.05) is 23.1 Å². The molecular formula is C16H21FN2O2. The van der Waals surface area contributed by atoms with E-state index < -0.39 is 11.7 Å². The summed E-state index contributed by atoms with van der Waals surface area (Å²) >= 11 is 0. The Balaban J connectivity index is 2.03. The maximum Gasteiger partial charge on any atom is 0.407 e. The molecule has 21 heavy (non-hydrogen) atoms. The van der Waals surface area contributed by atoms with Crippen LogP contribution in [-0.4, -0.2) is 22.7 Å². The minimum Gasteiger partial charge on any atom is -0.444 e. The van der Waals surface area contributed by atoms with Crippen LogP contribution < -0.4 is 5.32 Å². The van der Waals surface area contributed by atoms with E-state index in [1.54, 1.807) is 6.07 Å². The van der Waals surface area contributed by atoms with Gasteiger partial charge in [0.15, 0.2) is 0 Å². The number of carbonyl (C=O) groups excluding carboxylic acids is 1. The smallest absolute Gasteiger partial charge is 0.407 e. The van der Waals surface area contributed by atoms with Crippen molar-refractivity contribution in [2.75, 3.05) is 0 Å². The summed E-state index contributed by atoms with van der Waals surface area (Å²) in [5, 5.41) is 3.63. The highest BCUT2D eigenvalue weighted by Gasteiger charge is 2.18. The van der Waals surface area contributed by atoms with Crippen LogP contribution in [-0.2, 0) is 11.2 Å². The molecule has 0 aliphatic carbocycles. The second kappa shape index (κ2) is 5.76. The van der Waals surface area contributed by atoms with Gasteiger partial charge in [0.2, 0.25) is 0 Å². The highest BCUT2D eigenvalue weighted by Crippen LogP contribution is 2.20. The van der Waals surface area contributed by atoms with Gasteiger partial charge in [-0.25, -0.2) is 9.18 Å². The molecule has 1 atom stereocenters. The number of hydrogen-bond donors (Lipinski definition) is 2. The first kappa shape index (κ1) is 15.4. The van der Waals surface area contributed by atoms with E-state index in [0.717, 1.165) is 16.5 Å². The molecule has 1 heterocycles. The van der Waals surface area contributed by atoms with Crippen LogP contribution in [0.15, 0.2) is 24.4 Å². The Labute approximate surface area is 123 Å². The molecule has 2 rings (SSSR count). The predicted molar refractivity (Wildman–Crippen MR) is 80.8 cm³/mol. The molecule has 114 valence electrons. The van der Waals surface area contributed by atoms with Crippen molar-refractivity contribution in [2.45, 2.75) is 45.8 Å². The summed E-state index contributed by atoms with van der Waals surface area (Å²) in [7, 11) is 0. The zero-order chi connectivity index (χ0) is 15.6. The van der Waals surface area contributed by atoms with Crippen molar-refractivity contribution in [2.24, 2.45) is 0 Å². The molecule has 2 N–H and O–H groups in total. The third-order valence-electron chi connectivity index (χ3n) is 3.02. The van der Waals surface area contributed by atoms with Gasteiger partial charge in [-0.2, -0.15) is 0 Å². The zero-order valence-corrected chi connectivity index (χ0v) is 12.8. The summed E-state index contributed by atoms with van der Waals surface area (Å²) in [6.07, 6.45) is 2.00. The molecule has 4 nitrogen and oxygen atoms in total. The molecule has 1 aromatic carbocycles. The number of hydrogen-bond acceptors (Lipinski definition) is 2. The number of H-pyrrole nitrogens is 1. The minimum absolute atomic E-state index is 0.109. The number of halogens is 1. The number of carbonyl (C=O) groups is 1. The van der Waals surface area contributed by atoms with Crippen LogP contribution in [0.5, 0.6) is 0 Å². The largest absolute Gasteiger partial charge is 0.444 e. The van der Waals surface area contributed by atoms with Gasteiger partial charge in [-0.1, -0.05) is 0 Å². The molecule has 0 aliphatic heterocycles. The van der Waals surface area contributed by atoms with Crippen LogP contribution in [0.1, 0.15) is 33.3 Å². The Kier molecular flexibility index (Phi) is 4.21. The average molecular weight is 292 g/mol. The van der Waals surface area contributed by atoms with Crippen LogP contribution in [0.25, 0.3) is 10.9 Å². The van der Waals surface area contributed by atoms with E-state index >= 15 is 0 Å². The van der Waals surface area contributed by atoms with Crippen molar-refractivity contribution in [1.29, 1.82) is 0 Å². The van der Waals surface area contributed by atoms with Crippen molar-refractivity contribution in [3.8, 4) is 0 Å². The zero-order valence-electron chi connectivity index (χ0n) is 12.8. The predicted octanol–water partition coefficient (Wildman–Crippen LogP) is 3.76. The lowest BCUT2D eigenvalue weighted by atomic mass is 10.1. The van der Waals surface area contributed by atoms with Crippen molar-refractivity contribution in [3.63, 3.8) is 0 Å². The Morgan fingerprint density at radius 2 is 2.14 bits per heavy atom. The van der Waals surface area contributed by atoms with Crippen molar-refractivity contribution >= 4 is 17.0 Å². The summed E-state index contributed by atoms with van der Waals surface area (Å²) in [6.45, 7) is 7.35. The first-order valence-electron chi connectivity index (χ1n) is 6.99. The maximum atomic E-state index is 13.3. The fourth-order valence-electron chi connectivity index (χ4n) is 2.21. The molecule has 0 saturated heterocycles. The van der Waals surface area contributed by atoms with Gasteiger partial charge in [0.1, 0.15) is 11.4 Å². The van der Waals surface area contributed by atoms with Crippen LogP contribution in [0.3, 0.4) is 0 Å². The maximum absolute atomic E-state index is 13.3. The minimum atomic E-state index is -0.520. The Hall–Kier alpha value is -2.04. The summed E-state index contributed by atoms with van der Waals surface area (Å²) in [5.41, 5.74) is 1.33. The lowest BCUT2D eigenvalue weighted by molar-refractivity contribution is 0.0508. The number of nitrogens with one attached hydrogen (secondary N) is 2. The van der Waals surface area contributed by atoms with E-state index in [0.29, 0.717) is 6.42 Å². The second-order valence-electron chi connectivity index (χ2n) is 6.26. The van der Waals surface area contributed by atoms with Crippen molar-refractivity contribution in [3.05, 3.63) is 35.8 Å². The number of amides is 1. The monoisotopic (exact) mass is 292 g/mol. The highest BCUT2D eigenvalue weighted by atomic mass is 19.1. The molecule has 5 heteroatoms.